The van der Waals surface area contributed by atoms with Gasteiger partial charge in [0.15, 0.2) is 0 Å². The number of nitrogens with zero attached hydrogens (tertiary/aromatic N) is 1. The maximum Gasteiger partial charge on any atom is 0.217 e. The molecule has 0 saturated heterocycles. The number of H-pyrrole nitrogens is 1. The molecule has 1 aromatic carbocycles. The van der Waals surface area contributed by atoms with E-state index in [2.05, 4.69) is 35.9 Å². The van der Waals surface area contributed by atoms with Crippen molar-refractivity contribution in [1.29, 1.82) is 0 Å². The second-order valence-electron chi connectivity index (χ2n) is 4.58. The molecule has 0 aliphatic rings. The zero-order valence-corrected chi connectivity index (χ0v) is 10.2. The minimum atomic E-state index is -0.298. The van der Waals surface area contributed by atoms with Crippen molar-refractivity contribution in [1.82, 2.24) is 9.97 Å². The van der Waals surface area contributed by atoms with Crippen LogP contribution in [0, 0.1) is 0 Å². The normalized spacial score (nSPS) is 11.2. The first-order valence-corrected chi connectivity index (χ1v) is 5.83. The number of carbonyl (C=O) groups excluding carboxylic acids is 1. The maximum absolute atomic E-state index is 10.7. The molecule has 90 valence electrons. The number of carbonyl (C=O) groups is 1. The van der Waals surface area contributed by atoms with E-state index in [1.165, 1.54) is 5.56 Å². The maximum atomic E-state index is 10.7. The summed E-state index contributed by atoms with van der Waals surface area (Å²) in [4.78, 5) is 18.4. The van der Waals surface area contributed by atoms with E-state index in [0.717, 1.165) is 16.9 Å². The number of rotatable bonds is 4. The highest BCUT2D eigenvalue weighted by Crippen LogP contribution is 2.20. The molecule has 0 saturated carbocycles. The largest absolute Gasteiger partial charge is 0.370 e. The number of benzene rings is 1. The van der Waals surface area contributed by atoms with Crippen LogP contribution in [0.25, 0.3) is 11.0 Å². The van der Waals surface area contributed by atoms with Gasteiger partial charge in [0.25, 0.3) is 0 Å². The van der Waals surface area contributed by atoms with Crippen molar-refractivity contribution in [3.05, 3.63) is 29.6 Å². The summed E-state index contributed by atoms with van der Waals surface area (Å²) in [5.41, 5.74) is 8.36. The molecular formula is C13H17N3O. The quantitative estimate of drug-likeness (QED) is 0.845. The van der Waals surface area contributed by atoms with Gasteiger partial charge >= 0.3 is 0 Å². The minimum Gasteiger partial charge on any atom is -0.370 e. The molecule has 2 rings (SSSR count). The molecule has 1 amide bonds. The molecule has 0 atom stereocenters. The summed E-state index contributed by atoms with van der Waals surface area (Å²) >= 11 is 0. The van der Waals surface area contributed by atoms with Crippen LogP contribution in [-0.2, 0) is 11.2 Å². The second-order valence-corrected chi connectivity index (χ2v) is 4.58. The average Bonchev–Trinajstić information content (AvgIpc) is 2.67. The van der Waals surface area contributed by atoms with Gasteiger partial charge in [-0.05, 0) is 23.6 Å². The smallest absolute Gasteiger partial charge is 0.217 e. The Morgan fingerprint density at radius 1 is 1.47 bits per heavy atom. The number of nitrogens with one attached hydrogen (secondary N) is 1. The molecule has 0 spiro atoms. The Morgan fingerprint density at radius 3 is 2.88 bits per heavy atom. The van der Waals surface area contributed by atoms with Crippen LogP contribution in [0.2, 0.25) is 0 Å². The topological polar surface area (TPSA) is 71.8 Å². The molecule has 2 aromatic rings. The zero-order valence-electron chi connectivity index (χ0n) is 10.2. The van der Waals surface area contributed by atoms with Crippen molar-refractivity contribution >= 4 is 16.9 Å². The van der Waals surface area contributed by atoms with Crippen LogP contribution in [0.1, 0.15) is 37.6 Å². The minimum absolute atomic E-state index is 0.298. The lowest BCUT2D eigenvalue weighted by Crippen LogP contribution is -2.11. The Labute approximate surface area is 100 Å². The summed E-state index contributed by atoms with van der Waals surface area (Å²) in [6.45, 7) is 4.32. The number of hydrogen-bond acceptors (Lipinski definition) is 2. The number of hydrogen-bond donors (Lipinski definition) is 2. The van der Waals surface area contributed by atoms with E-state index in [1.807, 2.05) is 6.07 Å². The van der Waals surface area contributed by atoms with Crippen LogP contribution >= 0.6 is 0 Å². The Balaban J connectivity index is 2.27. The number of imidazole rings is 1. The summed E-state index contributed by atoms with van der Waals surface area (Å²) in [7, 11) is 0. The average molecular weight is 231 g/mol. The number of amides is 1. The first-order valence-electron chi connectivity index (χ1n) is 5.83. The molecular weight excluding hydrogens is 214 g/mol. The molecule has 1 aromatic heterocycles. The molecule has 0 bridgehead atoms. The molecule has 17 heavy (non-hydrogen) atoms. The summed E-state index contributed by atoms with van der Waals surface area (Å²) in [6.07, 6.45) is 0.901. The molecule has 0 aliphatic heterocycles. The summed E-state index contributed by atoms with van der Waals surface area (Å²) < 4.78 is 0. The van der Waals surface area contributed by atoms with E-state index in [-0.39, 0.29) is 5.91 Å². The number of fused-ring (bicyclic) bond motifs is 1. The number of aryl methyl sites for hydroxylation is 1. The Bertz CT molecular complexity index is 543. The third-order valence-corrected chi connectivity index (χ3v) is 2.83. The van der Waals surface area contributed by atoms with Crippen LogP contribution in [0.15, 0.2) is 18.2 Å². The van der Waals surface area contributed by atoms with Crippen molar-refractivity contribution in [2.45, 2.75) is 32.6 Å². The number of aromatic nitrogens is 2. The predicted octanol–water partition coefficient (Wildman–Crippen LogP) is 2.10. The molecule has 0 unspecified atom stereocenters. The summed E-state index contributed by atoms with van der Waals surface area (Å²) in [6, 6.07) is 6.21. The first-order chi connectivity index (χ1) is 8.06. The highest BCUT2D eigenvalue weighted by atomic mass is 16.1. The number of primary amides is 1. The van der Waals surface area contributed by atoms with E-state index >= 15 is 0 Å². The lowest BCUT2D eigenvalue weighted by atomic mass is 10.0. The van der Waals surface area contributed by atoms with Gasteiger partial charge in [-0.2, -0.15) is 0 Å². The summed E-state index contributed by atoms with van der Waals surface area (Å²) in [5, 5.41) is 0. The van der Waals surface area contributed by atoms with Gasteiger partial charge in [0, 0.05) is 12.8 Å². The molecule has 0 radical (unpaired) electrons. The van der Waals surface area contributed by atoms with Crippen molar-refractivity contribution in [3.63, 3.8) is 0 Å². The SMILES string of the molecule is CC(C)c1ccc2nc(CCC(N)=O)[nH]c2c1. The first kappa shape index (κ1) is 11.6. The standard InChI is InChI=1S/C13H17N3O/c1-8(2)9-3-4-10-11(7-9)16-13(15-10)6-5-12(14)17/h3-4,7-8H,5-6H2,1-2H3,(H2,14,17)(H,15,16). The van der Waals surface area contributed by atoms with Gasteiger partial charge < -0.3 is 10.7 Å². The fourth-order valence-corrected chi connectivity index (χ4v) is 1.80. The van der Waals surface area contributed by atoms with Crippen LogP contribution in [-0.4, -0.2) is 15.9 Å². The van der Waals surface area contributed by atoms with Gasteiger partial charge in [0.05, 0.1) is 11.0 Å². The Hall–Kier alpha value is -1.84. The van der Waals surface area contributed by atoms with Crippen LogP contribution in [0.5, 0.6) is 0 Å². The van der Waals surface area contributed by atoms with Crippen molar-refractivity contribution in [2.75, 3.05) is 0 Å². The van der Waals surface area contributed by atoms with Gasteiger partial charge in [-0.1, -0.05) is 19.9 Å². The van der Waals surface area contributed by atoms with Gasteiger partial charge in [0.2, 0.25) is 5.91 Å². The van der Waals surface area contributed by atoms with E-state index in [4.69, 9.17) is 5.73 Å². The van der Waals surface area contributed by atoms with Gasteiger partial charge in [-0.3, -0.25) is 4.79 Å². The van der Waals surface area contributed by atoms with Gasteiger partial charge in [0.1, 0.15) is 5.82 Å². The highest BCUT2D eigenvalue weighted by Gasteiger charge is 2.06. The van der Waals surface area contributed by atoms with E-state index < -0.39 is 0 Å². The molecule has 4 nitrogen and oxygen atoms in total. The van der Waals surface area contributed by atoms with E-state index in [1.54, 1.807) is 0 Å². The van der Waals surface area contributed by atoms with Crippen molar-refractivity contribution in [2.24, 2.45) is 5.73 Å². The molecule has 0 fully saturated rings. The van der Waals surface area contributed by atoms with E-state index in [9.17, 15) is 4.79 Å². The fourth-order valence-electron chi connectivity index (χ4n) is 1.80. The lowest BCUT2D eigenvalue weighted by Gasteiger charge is -2.03. The fraction of sp³-hybridized carbons (Fsp3) is 0.385. The van der Waals surface area contributed by atoms with Crippen molar-refractivity contribution < 1.29 is 4.79 Å². The predicted molar refractivity (Wildman–Crippen MR) is 67.7 cm³/mol. The van der Waals surface area contributed by atoms with E-state index in [0.29, 0.717) is 18.8 Å². The van der Waals surface area contributed by atoms with Crippen LogP contribution in [0.4, 0.5) is 0 Å². The van der Waals surface area contributed by atoms with Gasteiger partial charge in [-0.25, -0.2) is 4.98 Å². The monoisotopic (exact) mass is 231 g/mol. The third-order valence-electron chi connectivity index (χ3n) is 2.83. The highest BCUT2D eigenvalue weighted by molar-refractivity contribution is 5.77. The second kappa shape index (κ2) is 4.57. The Kier molecular flexibility index (Phi) is 3.13. The third kappa shape index (κ3) is 2.64. The van der Waals surface area contributed by atoms with Crippen LogP contribution < -0.4 is 5.73 Å². The Morgan fingerprint density at radius 2 is 2.24 bits per heavy atom. The lowest BCUT2D eigenvalue weighted by molar-refractivity contribution is -0.118. The molecule has 4 heteroatoms. The number of nitrogens with two attached hydrogens (primary N) is 1. The molecule has 0 aliphatic carbocycles. The zero-order chi connectivity index (χ0) is 12.4. The molecule has 1 heterocycles. The van der Waals surface area contributed by atoms with Crippen LogP contribution in [0.3, 0.4) is 0 Å². The van der Waals surface area contributed by atoms with Gasteiger partial charge in [-0.15, -0.1) is 0 Å². The van der Waals surface area contributed by atoms with Crippen molar-refractivity contribution in [3.8, 4) is 0 Å². The summed E-state index contributed by atoms with van der Waals surface area (Å²) in [5.74, 6) is 1.02. The molecule has 3 N–H and O–H groups in total. The number of aromatic amines is 1.